The number of carbonyl (C=O) groups excluding carboxylic acids is 3. The molecule has 1 N–H and O–H groups in total. The number of hydrogen-bond acceptors (Lipinski definition) is 6. The van der Waals surface area contributed by atoms with E-state index in [0.717, 1.165) is 11.3 Å². The second-order valence-electron chi connectivity index (χ2n) is 8.47. The van der Waals surface area contributed by atoms with Crippen molar-refractivity contribution in [3.8, 4) is 17.1 Å². The number of benzene rings is 1. The van der Waals surface area contributed by atoms with Gasteiger partial charge in [0.15, 0.2) is 0 Å². The third-order valence-electron chi connectivity index (χ3n) is 6.09. The normalized spacial score (nSPS) is 13.6. The van der Waals surface area contributed by atoms with Crippen molar-refractivity contribution in [1.82, 2.24) is 29.0 Å². The molecule has 1 aliphatic rings. The van der Waals surface area contributed by atoms with Crippen LogP contribution in [0.15, 0.2) is 61.1 Å². The summed E-state index contributed by atoms with van der Waals surface area (Å²) < 4.78 is 8.69. The van der Waals surface area contributed by atoms with E-state index in [1.807, 2.05) is 40.9 Å². The number of pyridine rings is 1. The summed E-state index contributed by atoms with van der Waals surface area (Å²) in [7, 11) is 1.59. The first-order chi connectivity index (χ1) is 17.4. The second kappa shape index (κ2) is 9.53. The Morgan fingerprint density at radius 1 is 1.00 bits per heavy atom. The predicted molar refractivity (Wildman–Crippen MR) is 132 cm³/mol. The summed E-state index contributed by atoms with van der Waals surface area (Å²) in [6, 6.07) is 13.3. The number of nitrogens with one attached hydrogen (secondary N) is 1. The van der Waals surface area contributed by atoms with Gasteiger partial charge in [0.2, 0.25) is 11.8 Å². The molecule has 0 atom stereocenters. The minimum absolute atomic E-state index is 0.0194. The number of amides is 3. The van der Waals surface area contributed by atoms with E-state index in [2.05, 4.69) is 15.4 Å². The SMILES string of the molecule is CC(=O)N1CCN(C(=O)c2cnn(C)c2OC(=O)Nc2ccn3cc(-c4ccccc4)nc3c2)CC1. The van der Waals surface area contributed by atoms with Gasteiger partial charge in [-0.3, -0.25) is 14.9 Å². The quantitative estimate of drug-likeness (QED) is 0.473. The Balaban J connectivity index is 1.27. The molecule has 0 bridgehead atoms. The standard InChI is InChI=1S/C25H25N7O4/c1-17(33)30-10-12-31(13-11-30)23(34)20-15-26-29(2)24(20)36-25(35)27-19-8-9-32-16-21(28-22(32)14-19)18-6-4-3-5-7-18/h3-9,14-16H,10-13H2,1-2H3,(H,27,35). The van der Waals surface area contributed by atoms with Crippen LogP contribution in [0, 0.1) is 0 Å². The Labute approximate surface area is 206 Å². The van der Waals surface area contributed by atoms with E-state index < -0.39 is 6.09 Å². The maximum Gasteiger partial charge on any atom is 0.418 e. The van der Waals surface area contributed by atoms with Crippen molar-refractivity contribution in [2.75, 3.05) is 31.5 Å². The highest BCUT2D eigenvalue weighted by atomic mass is 16.6. The largest absolute Gasteiger partial charge is 0.418 e. The summed E-state index contributed by atoms with van der Waals surface area (Å²) in [5, 5.41) is 6.78. The first kappa shape index (κ1) is 23.1. The maximum absolute atomic E-state index is 13.1. The van der Waals surface area contributed by atoms with Crippen LogP contribution in [-0.4, -0.2) is 73.1 Å². The Hall–Kier alpha value is -4.67. The van der Waals surface area contributed by atoms with Crippen LogP contribution in [0.2, 0.25) is 0 Å². The van der Waals surface area contributed by atoms with Crippen molar-refractivity contribution in [2.24, 2.45) is 7.05 Å². The highest BCUT2D eigenvalue weighted by Crippen LogP contribution is 2.23. The summed E-state index contributed by atoms with van der Waals surface area (Å²) in [5.41, 5.74) is 3.14. The monoisotopic (exact) mass is 487 g/mol. The molecule has 11 heteroatoms. The third kappa shape index (κ3) is 4.63. The van der Waals surface area contributed by atoms with E-state index in [0.29, 0.717) is 37.5 Å². The molecule has 36 heavy (non-hydrogen) atoms. The molecule has 0 aliphatic carbocycles. The maximum atomic E-state index is 13.1. The van der Waals surface area contributed by atoms with Gasteiger partial charge >= 0.3 is 6.09 Å². The number of aromatic nitrogens is 4. The number of ether oxygens (including phenoxy) is 1. The summed E-state index contributed by atoms with van der Waals surface area (Å²) in [5.74, 6) is -0.282. The molecule has 1 fully saturated rings. The molecule has 4 heterocycles. The van der Waals surface area contributed by atoms with Gasteiger partial charge in [-0.1, -0.05) is 30.3 Å². The van der Waals surface area contributed by atoms with Crippen molar-refractivity contribution in [1.29, 1.82) is 0 Å². The van der Waals surface area contributed by atoms with Crippen LogP contribution in [-0.2, 0) is 11.8 Å². The number of piperazine rings is 1. The second-order valence-corrected chi connectivity index (χ2v) is 8.47. The lowest BCUT2D eigenvalue weighted by Gasteiger charge is -2.34. The molecule has 1 saturated heterocycles. The van der Waals surface area contributed by atoms with Crippen molar-refractivity contribution in [3.63, 3.8) is 0 Å². The van der Waals surface area contributed by atoms with Gasteiger partial charge in [0.25, 0.3) is 5.91 Å². The fourth-order valence-electron chi connectivity index (χ4n) is 4.13. The lowest BCUT2D eigenvalue weighted by Crippen LogP contribution is -2.50. The zero-order chi connectivity index (χ0) is 25.2. The van der Waals surface area contributed by atoms with Crippen molar-refractivity contribution < 1.29 is 19.1 Å². The molecule has 11 nitrogen and oxygen atoms in total. The zero-order valence-corrected chi connectivity index (χ0v) is 19.9. The van der Waals surface area contributed by atoms with E-state index in [1.54, 1.807) is 35.2 Å². The molecule has 0 spiro atoms. The van der Waals surface area contributed by atoms with Crippen LogP contribution in [0.1, 0.15) is 17.3 Å². The van der Waals surface area contributed by atoms with Crippen LogP contribution in [0.25, 0.3) is 16.9 Å². The molecule has 3 amide bonds. The van der Waals surface area contributed by atoms with Crippen LogP contribution < -0.4 is 10.1 Å². The Morgan fingerprint density at radius 2 is 1.72 bits per heavy atom. The molecule has 3 aromatic heterocycles. The fourth-order valence-corrected chi connectivity index (χ4v) is 4.13. The van der Waals surface area contributed by atoms with Gasteiger partial charge < -0.3 is 18.9 Å². The Kier molecular flexibility index (Phi) is 6.11. The van der Waals surface area contributed by atoms with E-state index in [-0.39, 0.29) is 23.3 Å². The zero-order valence-electron chi connectivity index (χ0n) is 19.9. The van der Waals surface area contributed by atoms with Crippen molar-refractivity contribution >= 4 is 29.2 Å². The lowest BCUT2D eigenvalue weighted by molar-refractivity contribution is -0.130. The highest BCUT2D eigenvalue weighted by Gasteiger charge is 2.28. The van der Waals surface area contributed by atoms with Gasteiger partial charge in [0.1, 0.15) is 11.2 Å². The molecule has 5 rings (SSSR count). The van der Waals surface area contributed by atoms with Gasteiger partial charge in [0, 0.05) is 69.9 Å². The average molecular weight is 488 g/mol. The van der Waals surface area contributed by atoms with Crippen molar-refractivity contribution in [2.45, 2.75) is 6.92 Å². The van der Waals surface area contributed by atoms with Gasteiger partial charge in [0.05, 0.1) is 11.9 Å². The molecule has 0 saturated carbocycles. The minimum atomic E-state index is -0.756. The van der Waals surface area contributed by atoms with Gasteiger partial charge in [-0.25, -0.2) is 14.5 Å². The first-order valence-electron chi connectivity index (χ1n) is 11.5. The summed E-state index contributed by atoms with van der Waals surface area (Å²) in [4.78, 5) is 45.3. The molecular weight excluding hydrogens is 462 g/mol. The number of imidazole rings is 1. The molecule has 1 aromatic carbocycles. The summed E-state index contributed by atoms with van der Waals surface area (Å²) >= 11 is 0. The number of carbonyl (C=O) groups is 3. The number of rotatable bonds is 4. The van der Waals surface area contributed by atoms with Crippen LogP contribution in [0.3, 0.4) is 0 Å². The molecule has 184 valence electrons. The number of nitrogens with zero attached hydrogens (tertiary/aromatic N) is 6. The lowest BCUT2D eigenvalue weighted by atomic mass is 10.2. The number of anilines is 1. The summed E-state index contributed by atoms with van der Waals surface area (Å²) in [6.45, 7) is 3.22. The van der Waals surface area contributed by atoms with E-state index in [4.69, 9.17) is 4.74 Å². The van der Waals surface area contributed by atoms with Crippen LogP contribution in [0.5, 0.6) is 5.88 Å². The topological polar surface area (TPSA) is 114 Å². The smallest absolute Gasteiger partial charge is 0.390 e. The molecule has 0 radical (unpaired) electrons. The first-order valence-corrected chi connectivity index (χ1v) is 11.5. The average Bonchev–Trinajstić information content (AvgIpc) is 3.47. The van der Waals surface area contributed by atoms with Gasteiger partial charge in [-0.15, -0.1) is 0 Å². The summed E-state index contributed by atoms with van der Waals surface area (Å²) in [6.07, 6.45) is 4.33. The number of fused-ring (bicyclic) bond motifs is 1. The number of aryl methyl sites for hydroxylation is 1. The Morgan fingerprint density at radius 3 is 2.44 bits per heavy atom. The predicted octanol–water partition coefficient (Wildman–Crippen LogP) is 2.65. The van der Waals surface area contributed by atoms with Gasteiger partial charge in [-0.05, 0) is 6.07 Å². The van der Waals surface area contributed by atoms with Crippen LogP contribution >= 0.6 is 0 Å². The van der Waals surface area contributed by atoms with Crippen molar-refractivity contribution in [3.05, 3.63) is 66.6 Å². The fraction of sp³-hybridized carbons (Fsp3) is 0.240. The number of hydrogen-bond donors (Lipinski definition) is 1. The highest BCUT2D eigenvalue weighted by molar-refractivity contribution is 5.98. The van der Waals surface area contributed by atoms with E-state index in [1.165, 1.54) is 17.8 Å². The molecule has 0 unspecified atom stereocenters. The van der Waals surface area contributed by atoms with Gasteiger partial charge in [-0.2, -0.15) is 5.10 Å². The third-order valence-corrected chi connectivity index (χ3v) is 6.09. The minimum Gasteiger partial charge on any atom is -0.390 e. The molecule has 4 aromatic rings. The Bertz CT molecular complexity index is 1440. The van der Waals surface area contributed by atoms with E-state index in [9.17, 15) is 14.4 Å². The molecular formula is C25H25N7O4. The van der Waals surface area contributed by atoms with Crippen LogP contribution in [0.4, 0.5) is 10.5 Å². The molecule has 1 aliphatic heterocycles. The van der Waals surface area contributed by atoms with E-state index >= 15 is 0 Å².